The van der Waals surface area contributed by atoms with Crippen LogP contribution in [0, 0.1) is 6.92 Å². The Morgan fingerprint density at radius 1 is 1.21 bits per heavy atom. The fourth-order valence-corrected chi connectivity index (χ4v) is 5.68. The predicted molar refractivity (Wildman–Crippen MR) is 145 cm³/mol. The molecule has 1 aromatic carbocycles. The Bertz CT molecular complexity index is 1440. The Morgan fingerprint density at radius 2 is 1.89 bits per heavy atom. The molecule has 0 spiro atoms. The highest BCUT2D eigenvalue weighted by Gasteiger charge is 2.32. The van der Waals surface area contributed by atoms with E-state index in [9.17, 15) is 18.0 Å². The molecule has 1 aliphatic carbocycles. The first-order chi connectivity index (χ1) is 18.0. The standard InChI is InChI=1S/C27H34N4O6S/c1-16-5-7-18(8-6-16)25-24(26(34)28-2)21-14-20(17-9-10-17)22(30-27(21)37-25)15-38(35,36)29-12-11-19(31(3)4)13-23(32)33/h5-8,14,17,19,29H,9-13,15H2,1-4H3,(H,28,34)(H,32,33). The van der Waals surface area contributed by atoms with Gasteiger partial charge in [-0.25, -0.2) is 18.1 Å². The number of aromatic nitrogens is 1. The summed E-state index contributed by atoms with van der Waals surface area (Å²) in [5.74, 6) is -1.00. The Labute approximate surface area is 222 Å². The lowest BCUT2D eigenvalue weighted by Gasteiger charge is -2.22. The lowest BCUT2D eigenvalue weighted by atomic mass is 10.0. The molecular formula is C27H34N4O6S. The number of rotatable bonds is 12. The summed E-state index contributed by atoms with van der Waals surface area (Å²) in [7, 11) is 1.33. The van der Waals surface area contributed by atoms with Gasteiger partial charge in [0.2, 0.25) is 15.7 Å². The molecule has 2 aromatic heterocycles. The lowest BCUT2D eigenvalue weighted by molar-refractivity contribution is -0.138. The molecule has 1 unspecified atom stereocenters. The van der Waals surface area contributed by atoms with Crippen molar-refractivity contribution >= 4 is 33.0 Å². The third kappa shape index (κ3) is 6.40. The van der Waals surface area contributed by atoms with Crippen LogP contribution in [0.3, 0.4) is 0 Å². The molecule has 1 saturated carbocycles. The molecule has 0 bridgehead atoms. The minimum absolute atomic E-state index is 0.0751. The first-order valence-corrected chi connectivity index (χ1v) is 14.2. The van der Waals surface area contributed by atoms with Crippen molar-refractivity contribution in [1.29, 1.82) is 0 Å². The highest BCUT2D eigenvalue weighted by atomic mass is 32.2. The highest BCUT2D eigenvalue weighted by molar-refractivity contribution is 7.88. The number of benzene rings is 1. The Hall–Kier alpha value is -3.28. The van der Waals surface area contributed by atoms with E-state index in [1.54, 1.807) is 26.0 Å². The number of hydrogen-bond acceptors (Lipinski definition) is 7. The maximum Gasteiger partial charge on any atom is 0.304 e. The number of nitrogens with one attached hydrogen (secondary N) is 2. The van der Waals surface area contributed by atoms with Gasteiger partial charge in [0.25, 0.3) is 5.91 Å². The normalized spacial score (nSPS) is 14.7. The molecule has 204 valence electrons. The van der Waals surface area contributed by atoms with Gasteiger partial charge < -0.3 is 19.7 Å². The molecule has 0 saturated heterocycles. The molecule has 1 aliphatic rings. The van der Waals surface area contributed by atoms with E-state index in [2.05, 4.69) is 15.0 Å². The Kier molecular flexibility index (Phi) is 8.19. The summed E-state index contributed by atoms with van der Waals surface area (Å²) in [6, 6.07) is 9.17. The van der Waals surface area contributed by atoms with Crippen molar-refractivity contribution in [3.63, 3.8) is 0 Å². The summed E-state index contributed by atoms with van der Waals surface area (Å²) in [5, 5.41) is 12.3. The van der Waals surface area contributed by atoms with Crippen LogP contribution < -0.4 is 10.0 Å². The number of carbonyl (C=O) groups excluding carboxylic acids is 1. The van der Waals surface area contributed by atoms with Crippen LogP contribution >= 0.6 is 0 Å². The molecule has 2 heterocycles. The van der Waals surface area contributed by atoms with Crippen LogP contribution in [0.5, 0.6) is 0 Å². The molecule has 11 heteroatoms. The summed E-state index contributed by atoms with van der Waals surface area (Å²) >= 11 is 0. The molecule has 38 heavy (non-hydrogen) atoms. The second-order valence-electron chi connectivity index (χ2n) is 10.1. The van der Waals surface area contributed by atoms with E-state index in [-0.39, 0.29) is 42.3 Å². The summed E-state index contributed by atoms with van der Waals surface area (Å²) in [5.41, 5.74) is 3.59. The minimum Gasteiger partial charge on any atom is -0.481 e. The molecule has 1 amide bonds. The van der Waals surface area contributed by atoms with Gasteiger partial charge in [0, 0.05) is 25.2 Å². The summed E-state index contributed by atoms with van der Waals surface area (Å²) in [6.45, 7) is 2.08. The van der Waals surface area contributed by atoms with Gasteiger partial charge in [-0.1, -0.05) is 29.8 Å². The number of pyridine rings is 1. The van der Waals surface area contributed by atoms with E-state index in [0.717, 1.165) is 29.5 Å². The van der Waals surface area contributed by atoms with Gasteiger partial charge in [0.1, 0.15) is 11.5 Å². The smallest absolute Gasteiger partial charge is 0.304 e. The van der Waals surface area contributed by atoms with Crippen molar-refractivity contribution in [3.05, 3.63) is 52.7 Å². The number of carboxylic acids is 1. The van der Waals surface area contributed by atoms with Gasteiger partial charge in [-0.2, -0.15) is 0 Å². The van der Waals surface area contributed by atoms with Crippen LogP contribution in [-0.2, 0) is 20.6 Å². The van der Waals surface area contributed by atoms with E-state index in [1.807, 2.05) is 37.3 Å². The molecule has 1 fully saturated rings. The number of aryl methyl sites for hydroxylation is 1. The van der Waals surface area contributed by atoms with Crippen LogP contribution in [0.25, 0.3) is 22.4 Å². The number of carboxylic acid groups (broad SMARTS) is 1. The van der Waals surface area contributed by atoms with Crippen molar-refractivity contribution < 1.29 is 27.5 Å². The number of carbonyl (C=O) groups is 2. The summed E-state index contributed by atoms with van der Waals surface area (Å²) in [4.78, 5) is 30.4. The van der Waals surface area contributed by atoms with Gasteiger partial charge in [0.05, 0.1) is 23.1 Å². The van der Waals surface area contributed by atoms with Crippen molar-refractivity contribution in [2.45, 2.75) is 50.3 Å². The van der Waals surface area contributed by atoms with Gasteiger partial charge in [0.15, 0.2) is 0 Å². The number of sulfonamides is 1. The van der Waals surface area contributed by atoms with Gasteiger partial charge in [-0.05, 0) is 57.8 Å². The lowest BCUT2D eigenvalue weighted by Crippen LogP contribution is -2.35. The van der Waals surface area contributed by atoms with Gasteiger partial charge >= 0.3 is 5.97 Å². The van der Waals surface area contributed by atoms with Crippen LogP contribution in [0.4, 0.5) is 0 Å². The van der Waals surface area contributed by atoms with Crippen LogP contribution in [0.2, 0.25) is 0 Å². The molecular weight excluding hydrogens is 508 g/mol. The fraction of sp³-hybridized carbons (Fsp3) is 0.444. The van der Waals surface area contributed by atoms with E-state index in [0.29, 0.717) is 28.8 Å². The van der Waals surface area contributed by atoms with Crippen LogP contribution in [0.15, 0.2) is 34.7 Å². The third-order valence-electron chi connectivity index (χ3n) is 6.85. The van der Waals surface area contributed by atoms with E-state index >= 15 is 0 Å². The van der Waals surface area contributed by atoms with Gasteiger partial charge in [-0.15, -0.1) is 0 Å². The van der Waals surface area contributed by atoms with E-state index < -0.39 is 16.0 Å². The SMILES string of the molecule is CNC(=O)c1c(-c2ccc(C)cc2)oc2nc(CS(=O)(=O)NCCC(CC(=O)O)N(C)C)c(C3CC3)cc12. The predicted octanol–water partition coefficient (Wildman–Crippen LogP) is 3.25. The van der Waals surface area contributed by atoms with Crippen molar-refractivity contribution in [2.24, 2.45) is 0 Å². The first kappa shape index (κ1) is 27.7. The number of aliphatic carboxylic acids is 1. The second kappa shape index (κ2) is 11.2. The number of fused-ring (bicyclic) bond motifs is 1. The Balaban J connectivity index is 1.65. The summed E-state index contributed by atoms with van der Waals surface area (Å²) in [6.07, 6.45) is 2.12. The van der Waals surface area contributed by atoms with Crippen molar-refractivity contribution in [1.82, 2.24) is 19.9 Å². The quantitative estimate of drug-likeness (QED) is 0.317. The number of furan rings is 1. The molecule has 0 aliphatic heterocycles. The maximum atomic E-state index is 13.0. The van der Waals surface area contributed by atoms with Crippen LogP contribution in [-0.4, -0.2) is 69.0 Å². The minimum atomic E-state index is -3.76. The van der Waals surface area contributed by atoms with E-state index in [4.69, 9.17) is 9.52 Å². The van der Waals surface area contributed by atoms with Crippen LogP contribution in [0.1, 0.15) is 58.8 Å². The largest absolute Gasteiger partial charge is 0.481 e. The number of amides is 1. The second-order valence-corrected chi connectivity index (χ2v) is 11.9. The topological polar surface area (TPSA) is 142 Å². The fourth-order valence-electron chi connectivity index (χ4n) is 4.55. The zero-order valence-electron chi connectivity index (χ0n) is 22.1. The Morgan fingerprint density at radius 3 is 2.47 bits per heavy atom. The summed E-state index contributed by atoms with van der Waals surface area (Å²) < 4.78 is 34.7. The van der Waals surface area contributed by atoms with E-state index in [1.165, 1.54) is 0 Å². The van der Waals surface area contributed by atoms with Crippen molar-refractivity contribution in [2.75, 3.05) is 27.7 Å². The number of nitrogens with zero attached hydrogens (tertiary/aromatic N) is 2. The average molecular weight is 543 g/mol. The molecule has 10 nitrogen and oxygen atoms in total. The molecule has 4 rings (SSSR count). The molecule has 3 N–H and O–H groups in total. The maximum absolute atomic E-state index is 13.0. The third-order valence-corrected chi connectivity index (χ3v) is 8.14. The highest BCUT2D eigenvalue weighted by Crippen LogP contribution is 2.44. The molecule has 1 atom stereocenters. The molecule has 3 aromatic rings. The van der Waals surface area contributed by atoms with Crippen molar-refractivity contribution in [3.8, 4) is 11.3 Å². The average Bonchev–Trinajstić information content (AvgIpc) is 3.63. The first-order valence-electron chi connectivity index (χ1n) is 12.6. The monoisotopic (exact) mass is 542 g/mol. The van der Waals surface area contributed by atoms with Gasteiger partial charge in [-0.3, -0.25) is 9.59 Å². The number of hydrogen-bond donors (Lipinski definition) is 3. The zero-order valence-corrected chi connectivity index (χ0v) is 22.9. The zero-order chi connectivity index (χ0) is 27.6. The molecule has 0 radical (unpaired) electrons.